The van der Waals surface area contributed by atoms with Gasteiger partial charge < -0.3 is 11.1 Å². The van der Waals surface area contributed by atoms with Gasteiger partial charge in [0.05, 0.1) is 0 Å². The first-order valence-electron chi connectivity index (χ1n) is 10.8. The first kappa shape index (κ1) is 18.2. The first-order valence-corrected chi connectivity index (χ1v) is 10.8. The lowest BCUT2D eigenvalue weighted by atomic mass is 9.87. The Balaban J connectivity index is 1.59. The summed E-state index contributed by atoms with van der Waals surface area (Å²) in [6, 6.07) is 27.1. The van der Waals surface area contributed by atoms with Crippen LogP contribution in [0.2, 0.25) is 0 Å². The Labute approximate surface area is 181 Å². The molecule has 0 saturated carbocycles. The van der Waals surface area contributed by atoms with Crippen molar-refractivity contribution in [2.45, 2.75) is 24.9 Å². The van der Waals surface area contributed by atoms with Crippen LogP contribution >= 0.6 is 0 Å². The van der Waals surface area contributed by atoms with Gasteiger partial charge >= 0.3 is 0 Å². The van der Waals surface area contributed by atoms with Gasteiger partial charge in [-0.2, -0.15) is 0 Å². The first-order chi connectivity index (χ1) is 15.1. The summed E-state index contributed by atoms with van der Waals surface area (Å²) in [5.74, 6) is 0.775. The second-order valence-corrected chi connectivity index (χ2v) is 8.52. The molecule has 0 radical (unpaired) electrons. The Morgan fingerprint density at radius 1 is 0.839 bits per heavy atom. The van der Waals surface area contributed by atoms with Crippen molar-refractivity contribution in [3.63, 3.8) is 0 Å². The number of aliphatic imine (C=N–C) groups is 1. The van der Waals surface area contributed by atoms with Gasteiger partial charge in [0.25, 0.3) is 0 Å². The summed E-state index contributed by atoms with van der Waals surface area (Å²) in [6.45, 7) is 0. The van der Waals surface area contributed by atoms with Crippen molar-refractivity contribution in [2.24, 2.45) is 10.7 Å². The zero-order valence-electron chi connectivity index (χ0n) is 17.2. The minimum absolute atomic E-state index is 0.681. The van der Waals surface area contributed by atoms with E-state index in [1.165, 1.54) is 22.9 Å². The minimum atomic E-state index is -1.01. The van der Waals surface area contributed by atoms with Gasteiger partial charge in [-0.1, -0.05) is 60.7 Å². The molecule has 0 spiro atoms. The van der Waals surface area contributed by atoms with E-state index in [-0.39, 0.29) is 0 Å². The highest BCUT2D eigenvalue weighted by Gasteiger charge is 2.37. The van der Waals surface area contributed by atoms with Crippen LogP contribution in [0.1, 0.15) is 34.2 Å². The fourth-order valence-electron chi connectivity index (χ4n) is 4.97. The Morgan fingerprint density at radius 2 is 1.68 bits per heavy atom. The number of nitrogens with one attached hydrogen (secondary N) is 1. The number of hydrogen-bond acceptors (Lipinski definition) is 4. The fraction of sp³-hybridized carbons (Fsp3) is 0.148. The Bertz CT molecular complexity index is 1370. The van der Waals surface area contributed by atoms with Crippen LogP contribution in [0, 0.1) is 0 Å². The van der Waals surface area contributed by atoms with E-state index in [2.05, 4.69) is 66.0 Å². The van der Waals surface area contributed by atoms with Crippen molar-refractivity contribution in [1.29, 1.82) is 0 Å². The standard InChI is InChI=1S/C27H24N4/c28-21-13-14-25-24(16-21)27(29,20-12-11-17-6-3-8-19(17)15-20)31-26(30-25)23-10-4-7-18-5-1-2-9-22(18)23/h1-2,4-5,7,9-16H,3,6,8,28-29H2,(H,30,31). The van der Waals surface area contributed by atoms with Crippen LogP contribution in [0.15, 0.2) is 83.9 Å². The Kier molecular flexibility index (Phi) is 3.92. The molecule has 0 aromatic heterocycles. The van der Waals surface area contributed by atoms with E-state index in [0.29, 0.717) is 5.69 Å². The van der Waals surface area contributed by atoms with Crippen LogP contribution in [0.4, 0.5) is 11.4 Å². The summed E-state index contributed by atoms with van der Waals surface area (Å²) in [7, 11) is 0. The number of benzene rings is 4. The highest BCUT2D eigenvalue weighted by molar-refractivity contribution is 6.17. The topological polar surface area (TPSA) is 76.4 Å². The van der Waals surface area contributed by atoms with E-state index in [0.717, 1.165) is 46.4 Å². The molecule has 4 aromatic rings. The number of nitrogens with two attached hydrogens (primary N) is 2. The molecule has 1 aliphatic carbocycles. The van der Waals surface area contributed by atoms with Crippen LogP contribution in [0.5, 0.6) is 0 Å². The maximum Gasteiger partial charge on any atom is 0.164 e. The quantitative estimate of drug-likeness (QED) is 0.414. The van der Waals surface area contributed by atoms with E-state index < -0.39 is 5.66 Å². The van der Waals surface area contributed by atoms with Crippen molar-refractivity contribution >= 4 is 28.0 Å². The van der Waals surface area contributed by atoms with Crippen molar-refractivity contribution in [1.82, 2.24) is 0 Å². The van der Waals surface area contributed by atoms with E-state index >= 15 is 0 Å². The van der Waals surface area contributed by atoms with Crippen LogP contribution in [0.25, 0.3) is 10.8 Å². The molecule has 0 fully saturated rings. The number of anilines is 2. The highest BCUT2D eigenvalue weighted by Crippen LogP contribution is 2.40. The third-order valence-electron chi connectivity index (χ3n) is 6.58. The third-order valence-corrected chi connectivity index (χ3v) is 6.58. The lowest BCUT2D eigenvalue weighted by Crippen LogP contribution is -2.42. The molecule has 4 heteroatoms. The molecule has 0 amide bonds. The van der Waals surface area contributed by atoms with Gasteiger partial charge in [0.2, 0.25) is 0 Å². The second-order valence-electron chi connectivity index (χ2n) is 8.52. The van der Waals surface area contributed by atoms with Gasteiger partial charge in [0, 0.05) is 22.5 Å². The molecule has 0 bridgehead atoms. The van der Waals surface area contributed by atoms with Crippen molar-refractivity contribution in [2.75, 3.05) is 11.1 Å². The number of nitrogens with zero attached hydrogens (tertiary/aromatic N) is 1. The van der Waals surface area contributed by atoms with Crippen LogP contribution in [0.3, 0.4) is 0 Å². The molecule has 6 rings (SSSR count). The summed E-state index contributed by atoms with van der Waals surface area (Å²) >= 11 is 0. The third kappa shape index (κ3) is 2.83. The highest BCUT2D eigenvalue weighted by atomic mass is 15.1. The molecular weight excluding hydrogens is 380 g/mol. The molecule has 152 valence electrons. The van der Waals surface area contributed by atoms with Crippen molar-refractivity contribution in [3.05, 3.63) is 107 Å². The van der Waals surface area contributed by atoms with Gasteiger partial charge in [-0.05, 0) is 64.9 Å². The summed E-state index contributed by atoms with van der Waals surface area (Å²) in [5.41, 5.74) is 19.7. The van der Waals surface area contributed by atoms with Gasteiger partial charge in [0.1, 0.15) is 5.84 Å². The monoisotopic (exact) mass is 404 g/mol. The zero-order chi connectivity index (χ0) is 21.0. The smallest absolute Gasteiger partial charge is 0.164 e. The van der Waals surface area contributed by atoms with Gasteiger partial charge in [-0.25, -0.2) is 4.99 Å². The summed E-state index contributed by atoms with van der Waals surface area (Å²) in [5, 5.41) is 5.84. The van der Waals surface area contributed by atoms with Gasteiger partial charge in [-0.15, -0.1) is 0 Å². The molecule has 31 heavy (non-hydrogen) atoms. The Morgan fingerprint density at radius 3 is 2.61 bits per heavy atom. The molecule has 4 aromatic carbocycles. The Hall–Kier alpha value is -3.63. The molecular formula is C27H24N4. The average Bonchev–Trinajstić information content (AvgIpc) is 3.27. The number of fused-ring (bicyclic) bond motifs is 3. The number of amidine groups is 1. The predicted molar refractivity (Wildman–Crippen MR) is 128 cm³/mol. The van der Waals surface area contributed by atoms with Crippen LogP contribution in [-0.2, 0) is 18.5 Å². The zero-order valence-corrected chi connectivity index (χ0v) is 17.2. The summed E-state index contributed by atoms with van der Waals surface area (Å²) < 4.78 is 0. The van der Waals surface area contributed by atoms with E-state index in [1.54, 1.807) is 0 Å². The second kappa shape index (κ2) is 6.69. The number of rotatable bonds is 2. The summed E-state index contributed by atoms with van der Waals surface area (Å²) in [4.78, 5) is 5.14. The van der Waals surface area contributed by atoms with Crippen LogP contribution in [-0.4, -0.2) is 5.84 Å². The SMILES string of the molecule is Nc1ccc2c(c1)C(N)(c1ccc3c(c1)CCC3)N=C(c1cccc3ccccc13)N2. The molecule has 0 saturated heterocycles. The van der Waals surface area contributed by atoms with Gasteiger partial charge in [-0.3, -0.25) is 5.73 Å². The lowest BCUT2D eigenvalue weighted by molar-refractivity contribution is 0.568. The van der Waals surface area contributed by atoms with E-state index in [4.69, 9.17) is 16.5 Å². The number of aryl methyl sites for hydroxylation is 2. The van der Waals surface area contributed by atoms with E-state index in [9.17, 15) is 0 Å². The van der Waals surface area contributed by atoms with Crippen molar-refractivity contribution < 1.29 is 0 Å². The molecule has 5 N–H and O–H groups in total. The number of hydrogen-bond donors (Lipinski definition) is 3. The van der Waals surface area contributed by atoms with Crippen LogP contribution < -0.4 is 16.8 Å². The molecule has 1 aliphatic heterocycles. The van der Waals surface area contributed by atoms with Crippen molar-refractivity contribution in [3.8, 4) is 0 Å². The molecule has 1 unspecified atom stereocenters. The minimum Gasteiger partial charge on any atom is -0.399 e. The summed E-state index contributed by atoms with van der Waals surface area (Å²) in [6.07, 6.45) is 3.44. The van der Waals surface area contributed by atoms with Gasteiger partial charge in [0.15, 0.2) is 5.66 Å². The molecule has 1 heterocycles. The molecule has 2 aliphatic rings. The maximum absolute atomic E-state index is 7.14. The number of nitrogen functional groups attached to an aromatic ring is 1. The maximum atomic E-state index is 7.14. The lowest BCUT2D eigenvalue weighted by Gasteiger charge is -2.35. The van der Waals surface area contributed by atoms with E-state index in [1.807, 2.05) is 18.2 Å². The molecule has 4 nitrogen and oxygen atoms in total. The normalized spacial score (nSPS) is 19.5. The largest absolute Gasteiger partial charge is 0.399 e. The average molecular weight is 405 g/mol. The predicted octanol–water partition coefficient (Wildman–Crippen LogP) is 4.94. The fourth-order valence-corrected chi connectivity index (χ4v) is 4.97. The molecule has 1 atom stereocenters.